The molecule has 2 aromatic carbocycles. The molecule has 2 N–H and O–H groups in total. The van der Waals surface area contributed by atoms with E-state index in [0.717, 1.165) is 18.1 Å². The molecule has 130 valence electrons. The van der Waals surface area contributed by atoms with Crippen molar-refractivity contribution in [2.24, 2.45) is 5.73 Å². The minimum absolute atomic E-state index is 0. The lowest BCUT2D eigenvalue weighted by Crippen LogP contribution is -2.06. The molecule has 3 heteroatoms. The molecule has 0 heterocycles. The summed E-state index contributed by atoms with van der Waals surface area (Å²) in [6.45, 7) is 1.27. The number of ether oxygens (including phenoxy) is 1. The van der Waals surface area contributed by atoms with Crippen LogP contribution in [0.4, 0.5) is 0 Å². The number of hydrogen-bond donors (Lipinski definition) is 1. The van der Waals surface area contributed by atoms with Crippen molar-refractivity contribution in [3.8, 4) is 5.75 Å². The monoisotopic (exact) mass is 345 g/mol. The Kier molecular flexibility index (Phi) is 7.61. The van der Waals surface area contributed by atoms with Crippen LogP contribution >= 0.6 is 12.4 Å². The molecule has 1 saturated carbocycles. The van der Waals surface area contributed by atoms with Gasteiger partial charge in [0.25, 0.3) is 0 Å². The summed E-state index contributed by atoms with van der Waals surface area (Å²) in [5.74, 6) is 1.72. The molecule has 0 bridgehead atoms. The lowest BCUT2D eigenvalue weighted by atomic mass is 9.84. The van der Waals surface area contributed by atoms with Gasteiger partial charge in [0.2, 0.25) is 0 Å². The van der Waals surface area contributed by atoms with Crippen LogP contribution in [0.1, 0.15) is 54.7 Å². The molecule has 0 unspecified atom stereocenters. The van der Waals surface area contributed by atoms with Crippen LogP contribution in [0.5, 0.6) is 5.75 Å². The van der Waals surface area contributed by atoms with Gasteiger partial charge >= 0.3 is 0 Å². The molecule has 1 aliphatic carbocycles. The number of hydrogen-bond acceptors (Lipinski definition) is 2. The number of rotatable bonds is 6. The van der Waals surface area contributed by atoms with Crippen molar-refractivity contribution < 1.29 is 4.74 Å². The van der Waals surface area contributed by atoms with E-state index in [2.05, 4.69) is 30.3 Å². The molecule has 0 atom stereocenters. The van der Waals surface area contributed by atoms with Gasteiger partial charge in [0.1, 0.15) is 12.4 Å². The Hall–Kier alpha value is -1.51. The van der Waals surface area contributed by atoms with E-state index in [0.29, 0.717) is 13.2 Å². The predicted molar refractivity (Wildman–Crippen MR) is 103 cm³/mol. The first-order valence-electron chi connectivity index (χ1n) is 8.86. The Balaban J connectivity index is 0.00000208. The van der Waals surface area contributed by atoms with Crippen LogP contribution in [0.2, 0.25) is 0 Å². The Morgan fingerprint density at radius 2 is 1.62 bits per heavy atom. The summed E-state index contributed by atoms with van der Waals surface area (Å²) in [6.07, 6.45) is 7.73. The molecule has 1 fully saturated rings. The quantitative estimate of drug-likeness (QED) is 0.777. The summed E-state index contributed by atoms with van der Waals surface area (Å²) in [4.78, 5) is 0. The molecule has 0 aliphatic heterocycles. The van der Waals surface area contributed by atoms with Crippen molar-refractivity contribution in [1.82, 2.24) is 0 Å². The fourth-order valence-electron chi connectivity index (χ4n) is 3.49. The van der Waals surface area contributed by atoms with Gasteiger partial charge in [-0.1, -0.05) is 61.7 Å². The van der Waals surface area contributed by atoms with Crippen LogP contribution in [0.25, 0.3) is 0 Å². The summed E-state index contributed by atoms with van der Waals surface area (Å²) < 4.78 is 6.01. The van der Waals surface area contributed by atoms with Gasteiger partial charge in [0.05, 0.1) is 0 Å². The Morgan fingerprint density at radius 1 is 0.917 bits per heavy atom. The van der Waals surface area contributed by atoms with Gasteiger partial charge in [0, 0.05) is 0 Å². The second-order valence-electron chi connectivity index (χ2n) is 6.51. The van der Waals surface area contributed by atoms with Gasteiger partial charge < -0.3 is 10.5 Å². The van der Waals surface area contributed by atoms with E-state index in [9.17, 15) is 0 Å². The minimum Gasteiger partial charge on any atom is -0.489 e. The van der Waals surface area contributed by atoms with Crippen molar-refractivity contribution in [3.63, 3.8) is 0 Å². The largest absolute Gasteiger partial charge is 0.489 e. The van der Waals surface area contributed by atoms with Crippen molar-refractivity contribution >= 4 is 12.4 Å². The van der Waals surface area contributed by atoms with E-state index in [1.807, 2.05) is 18.2 Å². The summed E-state index contributed by atoms with van der Waals surface area (Å²) in [7, 11) is 0. The van der Waals surface area contributed by atoms with Crippen LogP contribution < -0.4 is 10.5 Å². The fraction of sp³-hybridized carbons (Fsp3) is 0.429. The summed E-state index contributed by atoms with van der Waals surface area (Å²) in [6, 6.07) is 17.2. The molecule has 1 aliphatic rings. The van der Waals surface area contributed by atoms with Crippen LogP contribution in [0.15, 0.2) is 48.5 Å². The fourth-order valence-corrected chi connectivity index (χ4v) is 3.49. The highest BCUT2D eigenvalue weighted by Gasteiger charge is 2.15. The predicted octanol–water partition coefficient (Wildman–Crippen LogP) is 5.24. The van der Waals surface area contributed by atoms with Crippen LogP contribution in [0.3, 0.4) is 0 Å². The Bertz CT molecular complexity index is 605. The van der Waals surface area contributed by atoms with Crippen LogP contribution in [-0.2, 0) is 13.0 Å². The lowest BCUT2D eigenvalue weighted by Gasteiger charge is -2.22. The third-order valence-corrected chi connectivity index (χ3v) is 4.84. The maximum atomic E-state index is 6.01. The topological polar surface area (TPSA) is 35.2 Å². The summed E-state index contributed by atoms with van der Waals surface area (Å²) >= 11 is 0. The van der Waals surface area contributed by atoms with Crippen molar-refractivity contribution in [2.45, 2.75) is 51.0 Å². The third-order valence-electron chi connectivity index (χ3n) is 4.84. The molecule has 0 spiro atoms. The van der Waals surface area contributed by atoms with Crippen molar-refractivity contribution in [3.05, 3.63) is 65.2 Å². The third kappa shape index (κ3) is 4.99. The van der Waals surface area contributed by atoms with Gasteiger partial charge in [0.15, 0.2) is 0 Å². The highest BCUT2D eigenvalue weighted by atomic mass is 35.5. The highest BCUT2D eigenvalue weighted by Crippen LogP contribution is 2.32. The van der Waals surface area contributed by atoms with Crippen molar-refractivity contribution in [2.75, 3.05) is 6.54 Å². The van der Waals surface area contributed by atoms with Crippen LogP contribution in [-0.4, -0.2) is 6.54 Å². The second kappa shape index (κ2) is 9.71. The molecule has 0 aromatic heterocycles. The van der Waals surface area contributed by atoms with Crippen molar-refractivity contribution in [1.29, 1.82) is 0 Å². The van der Waals surface area contributed by atoms with E-state index in [1.54, 1.807) is 0 Å². The molecule has 0 radical (unpaired) electrons. The summed E-state index contributed by atoms with van der Waals surface area (Å²) in [5, 5.41) is 0. The minimum atomic E-state index is 0. The molecular weight excluding hydrogens is 318 g/mol. The smallest absolute Gasteiger partial charge is 0.123 e. The molecule has 24 heavy (non-hydrogen) atoms. The number of halogens is 1. The van der Waals surface area contributed by atoms with Gasteiger partial charge in [-0.05, 0) is 54.5 Å². The average Bonchev–Trinajstić information content (AvgIpc) is 2.62. The zero-order valence-corrected chi connectivity index (χ0v) is 15.1. The first kappa shape index (κ1) is 18.8. The highest BCUT2D eigenvalue weighted by molar-refractivity contribution is 5.85. The lowest BCUT2D eigenvalue weighted by molar-refractivity contribution is 0.303. The summed E-state index contributed by atoms with van der Waals surface area (Å²) in [5.41, 5.74) is 9.58. The van der Waals surface area contributed by atoms with Gasteiger partial charge in [-0.3, -0.25) is 0 Å². The molecule has 3 rings (SSSR count). The molecule has 0 saturated heterocycles. The first-order valence-corrected chi connectivity index (χ1v) is 8.86. The Morgan fingerprint density at radius 3 is 2.33 bits per heavy atom. The standard InChI is InChI=1S/C21H27NO.ClH/c22-15-14-20-8-4-5-9-21(20)23-16-17-10-12-19(13-11-17)18-6-2-1-3-7-18;/h4-5,8-13,18H,1-3,6-7,14-16,22H2;1H. The maximum absolute atomic E-state index is 6.01. The van der Waals surface area contributed by atoms with E-state index < -0.39 is 0 Å². The molecule has 0 amide bonds. The first-order chi connectivity index (χ1) is 11.4. The number of benzene rings is 2. The zero-order valence-electron chi connectivity index (χ0n) is 14.2. The van der Waals surface area contributed by atoms with E-state index in [-0.39, 0.29) is 12.4 Å². The van der Waals surface area contributed by atoms with Crippen LogP contribution in [0, 0.1) is 0 Å². The normalized spacial score (nSPS) is 14.9. The molecule has 2 nitrogen and oxygen atoms in total. The second-order valence-corrected chi connectivity index (χ2v) is 6.51. The average molecular weight is 346 g/mol. The van der Waals surface area contributed by atoms with Gasteiger partial charge in [-0.2, -0.15) is 0 Å². The van der Waals surface area contributed by atoms with Gasteiger partial charge in [-0.25, -0.2) is 0 Å². The van der Waals surface area contributed by atoms with E-state index in [4.69, 9.17) is 10.5 Å². The molecule has 2 aromatic rings. The number of para-hydroxylation sites is 1. The van der Waals surface area contributed by atoms with Gasteiger partial charge in [-0.15, -0.1) is 12.4 Å². The SMILES string of the molecule is Cl.NCCc1ccccc1OCc1ccc(C2CCCCC2)cc1. The maximum Gasteiger partial charge on any atom is 0.123 e. The van der Waals surface area contributed by atoms with E-state index >= 15 is 0 Å². The molecular formula is C21H28ClNO. The number of nitrogens with two attached hydrogens (primary N) is 1. The Labute approximate surface area is 151 Å². The zero-order chi connectivity index (χ0) is 15.9. The van der Waals surface area contributed by atoms with E-state index in [1.165, 1.54) is 48.8 Å².